The third kappa shape index (κ3) is 2.67. The van der Waals surface area contributed by atoms with E-state index in [9.17, 15) is 24.7 Å². The highest BCUT2D eigenvalue weighted by Crippen LogP contribution is 2.40. The minimum absolute atomic E-state index is 0.978. The largest absolute Gasteiger partial charge is 0.390 e. The molecule has 0 aliphatic heterocycles. The standard InChI is InChI=1S/C7H13O8P/c8-3-2(1-16(13,14)15)4(9)6(11)7(12)5(3)10/h2-3,5-8,10-12H,1H2,(H2,13,14,15)/t2-,3-,5+,6-,7-/m0/s1. The summed E-state index contributed by atoms with van der Waals surface area (Å²) in [5, 5.41) is 36.9. The molecule has 0 unspecified atom stereocenters. The van der Waals surface area contributed by atoms with Crippen LogP contribution < -0.4 is 0 Å². The van der Waals surface area contributed by atoms with Gasteiger partial charge in [-0.25, -0.2) is 0 Å². The predicted molar refractivity (Wildman–Crippen MR) is 49.4 cm³/mol. The van der Waals surface area contributed by atoms with Gasteiger partial charge in [-0.2, -0.15) is 0 Å². The maximum absolute atomic E-state index is 11.3. The molecule has 1 aliphatic carbocycles. The van der Waals surface area contributed by atoms with Crippen molar-refractivity contribution in [1.82, 2.24) is 0 Å². The molecule has 0 amide bonds. The highest BCUT2D eigenvalue weighted by Gasteiger charge is 2.49. The van der Waals surface area contributed by atoms with Crippen LogP contribution in [-0.2, 0) is 9.36 Å². The summed E-state index contributed by atoms with van der Waals surface area (Å²) in [6.45, 7) is 0. The summed E-state index contributed by atoms with van der Waals surface area (Å²) in [7, 11) is -4.57. The average molecular weight is 256 g/mol. The molecule has 0 aromatic heterocycles. The number of ketones is 1. The van der Waals surface area contributed by atoms with Crippen molar-refractivity contribution in [1.29, 1.82) is 0 Å². The van der Waals surface area contributed by atoms with Crippen molar-refractivity contribution in [3.8, 4) is 0 Å². The van der Waals surface area contributed by atoms with Gasteiger partial charge in [0.2, 0.25) is 0 Å². The molecule has 5 atom stereocenters. The highest BCUT2D eigenvalue weighted by atomic mass is 31.2. The summed E-state index contributed by atoms with van der Waals surface area (Å²) in [5.41, 5.74) is 0. The van der Waals surface area contributed by atoms with E-state index in [1.54, 1.807) is 0 Å². The topological polar surface area (TPSA) is 156 Å². The molecule has 0 heterocycles. The molecule has 1 aliphatic rings. The molecule has 8 nitrogen and oxygen atoms in total. The zero-order valence-electron chi connectivity index (χ0n) is 8.04. The average Bonchev–Trinajstić information content (AvgIpc) is 2.17. The first-order valence-corrected chi connectivity index (χ1v) is 6.25. The first-order valence-electron chi connectivity index (χ1n) is 4.45. The monoisotopic (exact) mass is 256 g/mol. The summed E-state index contributed by atoms with van der Waals surface area (Å²) < 4.78 is 10.7. The van der Waals surface area contributed by atoms with Crippen LogP contribution in [-0.4, -0.2) is 66.6 Å². The molecule has 0 bridgehead atoms. The lowest BCUT2D eigenvalue weighted by Gasteiger charge is -2.36. The minimum Gasteiger partial charge on any atom is -0.390 e. The molecule has 0 saturated heterocycles. The van der Waals surface area contributed by atoms with Crippen molar-refractivity contribution >= 4 is 13.4 Å². The maximum Gasteiger partial charge on any atom is 0.326 e. The van der Waals surface area contributed by atoms with Crippen LogP contribution in [0.2, 0.25) is 0 Å². The summed E-state index contributed by atoms with van der Waals surface area (Å²) in [4.78, 5) is 28.7. The second kappa shape index (κ2) is 4.50. The van der Waals surface area contributed by atoms with Gasteiger partial charge >= 0.3 is 7.60 Å². The van der Waals surface area contributed by atoms with Crippen LogP contribution >= 0.6 is 7.60 Å². The number of aliphatic hydroxyl groups excluding tert-OH is 4. The molecule has 9 heteroatoms. The second-order valence-corrected chi connectivity index (χ2v) is 5.47. The van der Waals surface area contributed by atoms with Gasteiger partial charge in [-0.05, 0) is 0 Å². The van der Waals surface area contributed by atoms with Crippen LogP contribution in [0.4, 0.5) is 0 Å². The molecule has 0 radical (unpaired) electrons. The van der Waals surface area contributed by atoms with E-state index in [-0.39, 0.29) is 0 Å². The SMILES string of the molecule is O=C1[C@@H](CP(=O)(O)O)[C@H](O)[C@@H](O)[C@H](O)[C@H]1O. The van der Waals surface area contributed by atoms with Crippen molar-refractivity contribution in [2.45, 2.75) is 24.4 Å². The zero-order chi connectivity index (χ0) is 12.7. The van der Waals surface area contributed by atoms with Crippen molar-refractivity contribution in [2.75, 3.05) is 6.16 Å². The minimum atomic E-state index is -4.57. The van der Waals surface area contributed by atoms with Crippen LogP contribution in [0.1, 0.15) is 0 Å². The van der Waals surface area contributed by atoms with Crippen LogP contribution in [0.25, 0.3) is 0 Å². The normalized spacial score (nSPS) is 41.1. The van der Waals surface area contributed by atoms with E-state index in [4.69, 9.17) is 14.9 Å². The van der Waals surface area contributed by atoms with Gasteiger partial charge in [0, 0.05) is 0 Å². The Kier molecular flexibility index (Phi) is 3.86. The molecular weight excluding hydrogens is 243 g/mol. The van der Waals surface area contributed by atoms with Crippen LogP contribution in [0, 0.1) is 5.92 Å². The Morgan fingerprint density at radius 1 is 1.00 bits per heavy atom. The summed E-state index contributed by atoms with van der Waals surface area (Å²) >= 11 is 0. The Morgan fingerprint density at radius 3 is 1.94 bits per heavy atom. The summed E-state index contributed by atoms with van der Waals surface area (Å²) in [6, 6.07) is 0. The van der Waals surface area contributed by atoms with E-state index >= 15 is 0 Å². The van der Waals surface area contributed by atoms with E-state index in [2.05, 4.69) is 0 Å². The Labute approximate surface area is 90.3 Å². The quantitative estimate of drug-likeness (QED) is 0.282. The van der Waals surface area contributed by atoms with Crippen molar-refractivity contribution in [3.05, 3.63) is 0 Å². The van der Waals surface area contributed by atoms with Gasteiger partial charge in [0.15, 0.2) is 5.78 Å². The number of carbonyl (C=O) groups is 1. The Morgan fingerprint density at radius 2 is 1.50 bits per heavy atom. The third-order valence-corrected chi connectivity index (χ3v) is 3.40. The van der Waals surface area contributed by atoms with Crippen molar-refractivity contribution < 1.29 is 39.6 Å². The Bertz CT molecular complexity index is 324. The number of carbonyl (C=O) groups excluding carboxylic acids is 1. The van der Waals surface area contributed by atoms with E-state index in [1.807, 2.05) is 0 Å². The van der Waals surface area contributed by atoms with Gasteiger partial charge in [0.1, 0.15) is 18.3 Å². The molecule has 1 saturated carbocycles. The number of rotatable bonds is 2. The first-order chi connectivity index (χ1) is 7.15. The maximum atomic E-state index is 11.3. The van der Waals surface area contributed by atoms with Gasteiger partial charge in [-0.3, -0.25) is 9.36 Å². The summed E-state index contributed by atoms with van der Waals surface area (Å²) in [6.07, 6.45) is -8.40. The van der Waals surface area contributed by atoms with E-state index < -0.39 is 49.9 Å². The fraction of sp³-hybridized carbons (Fsp3) is 0.857. The molecular formula is C7H13O8P. The molecule has 0 aromatic rings. The van der Waals surface area contributed by atoms with E-state index in [1.165, 1.54) is 0 Å². The lowest BCUT2D eigenvalue weighted by Crippen LogP contribution is -2.59. The number of aliphatic hydroxyl groups is 4. The van der Waals surface area contributed by atoms with E-state index in [0.717, 1.165) is 0 Å². The predicted octanol–water partition coefficient (Wildman–Crippen LogP) is -3.19. The lowest BCUT2D eigenvalue weighted by molar-refractivity contribution is -0.172. The van der Waals surface area contributed by atoms with Gasteiger partial charge in [0.25, 0.3) is 0 Å². The number of Topliss-reactive ketones (excluding diaryl/α,β-unsaturated/α-hetero) is 1. The summed E-state index contributed by atoms with van der Waals surface area (Å²) in [5.74, 6) is -2.68. The van der Waals surface area contributed by atoms with Gasteiger partial charge in [-0.15, -0.1) is 0 Å². The molecule has 0 spiro atoms. The van der Waals surface area contributed by atoms with Crippen LogP contribution in [0.3, 0.4) is 0 Å². The fourth-order valence-electron chi connectivity index (χ4n) is 1.64. The third-order valence-electron chi connectivity index (χ3n) is 2.53. The number of hydrogen-bond donors (Lipinski definition) is 6. The number of hydrogen-bond acceptors (Lipinski definition) is 6. The molecule has 0 aromatic carbocycles. The molecule has 1 fully saturated rings. The van der Waals surface area contributed by atoms with Gasteiger partial charge < -0.3 is 30.2 Å². The van der Waals surface area contributed by atoms with E-state index in [0.29, 0.717) is 0 Å². The first kappa shape index (κ1) is 13.7. The second-order valence-electron chi connectivity index (χ2n) is 3.77. The Hall–Kier alpha value is -0.340. The van der Waals surface area contributed by atoms with Crippen LogP contribution in [0.5, 0.6) is 0 Å². The van der Waals surface area contributed by atoms with Crippen molar-refractivity contribution in [3.63, 3.8) is 0 Å². The van der Waals surface area contributed by atoms with Crippen LogP contribution in [0.15, 0.2) is 0 Å². The molecule has 6 N–H and O–H groups in total. The highest BCUT2D eigenvalue weighted by molar-refractivity contribution is 7.51. The molecule has 1 rings (SSSR count). The van der Waals surface area contributed by atoms with Crippen molar-refractivity contribution in [2.24, 2.45) is 5.92 Å². The smallest absolute Gasteiger partial charge is 0.326 e. The van der Waals surface area contributed by atoms with Gasteiger partial charge in [-0.1, -0.05) is 0 Å². The fourth-order valence-corrected chi connectivity index (χ4v) is 2.55. The zero-order valence-corrected chi connectivity index (χ0v) is 8.94. The lowest BCUT2D eigenvalue weighted by atomic mass is 9.81. The Balaban J connectivity index is 2.91. The molecule has 16 heavy (non-hydrogen) atoms. The van der Waals surface area contributed by atoms with Gasteiger partial charge in [0.05, 0.1) is 18.2 Å². The molecule has 94 valence electrons.